The number of fused-ring (bicyclic) bond motifs is 3. The molecule has 5 N–H and O–H groups in total. The van der Waals surface area contributed by atoms with Gasteiger partial charge in [-0.05, 0) is 105 Å². The van der Waals surface area contributed by atoms with Crippen molar-refractivity contribution >= 4 is 17.4 Å². The average molecular weight is 584 g/mol. The number of carbonyl (C=O) groups is 2. The molecule has 0 aromatic heterocycles. The van der Waals surface area contributed by atoms with E-state index in [0.717, 1.165) is 23.2 Å². The van der Waals surface area contributed by atoms with Crippen LogP contribution in [0.2, 0.25) is 0 Å². The first kappa shape index (κ1) is 29.2. The molecule has 3 aliphatic carbocycles. The number of hydrogen-bond acceptors (Lipinski definition) is 7. The van der Waals surface area contributed by atoms with Crippen LogP contribution in [0.15, 0.2) is 65.5 Å². The lowest BCUT2D eigenvalue weighted by molar-refractivity contribution is -0.123. The number of phenolic OH excluding ortho intramolecular Hbond substituents is 1. The second kappa shape index (κ2) is 10.7. The van der Waals surface area contributed by atoms with E-state index in [0.29, 0.717) is 24.9 Å². The molecule has 1 saturated carbocycles. The molecule has 1 aliphatic heterocycles. The summed E-state index contributed by atoms with van der Waals surface area (Å²) in [5, 5.41) is 33.8. The first-order chi connectivity index (χ1) is 20.4. The number of likely N-dealkylation sites (tertiary alicyclic amines) is 1. The Morgan fingerprint density at radius 3 is 2.44 bits per heavy atom. The summed E-state index contributed by atoms with van der Waals surface area (Å²) in [6.45, 7) is 9.42. The van der Waals surface area contributed by atoms with Gasteiger partial charge in [0.15, 0.2) is 5.78 Å². The van der Waals surface area contributed by atoms with Crippen molar-refractivity contribution in [2.24, 2.45) is 23.5 Å². The summed E-state index contributed by atoms with van der Waals surface area (Å²) in [6, 6.07) is 12.3. The molecule has 0 bridgehead atoms. The number of aliphatic hydroxyl groups is 2. The van der Waals surface area contributed by atoms with E-state index in [1.165, 1.54) is 18.4 Å². The van der Waals surface area contributed by atoms with Crippen LogP contribution in [-0.2, 0) is 22.6 Å². The third-order valence-electron chi connectivity index (χ3n) is 10.4. The number of nitrogens with two attached hydrogens (primary N) is 1. The second-order valence-corrected chi connectivity index (χ2v) is 13.1. The van der Waals surface area contributed by atoms with Gasteiger partial charge in [-0.2, -0.15) is 0 Å². The Bertz CT molecular complexity index is 1590. The number of likely N-dealkylation sites (N-methyl/N-ethyl adjacent to an activating group) is 1. The van der Waals surface area contributed by atoms with E-state index in [1.807, 2.05) is 12.1 Å². The first-order valence-electron chi connectivity index (χ1n) is 15.2. The van der Waals surface area contributed by atoms with Crippen LogP contribution >= 0.6 is 0 Å². The van der Waals surface area contributed by atoms with Crippen molar-refractivity contribution in [1.82, 2.24) is 9.80 Å². The summed E-state index contributed by atoms with van der Waals surface area (Å²) in [4.78, 5) is 30.8. The fourth-order valence-corrected chi connectivity index (χ4v) is 8.32. The molecule has 0 spiro atoms. The number of carbonyl (C=O) groups excluding carboxylic acids is 2. The van der Waals surface area contributed by atoms with Crippen molar-refractivity contribution in [1.29, 1.82) is 0 Å². The Balaban J connectivity index is 1.42. The summed E-state index contributed by atoms with van der Waals surface area (Å²) in [5.74, 6) is -3.18. The molecule has 1 saturated heterocycles. The second-order valence-electron chi connectivity index (χ2n) is 13.1. The van der Waals surface area contributed by atoms with Crippen molar-refractivity contribution in [3.05, 3.63) is 82.1 Å². The molecule has 2 fully saturated rings. The normalized spacial score (nSPS) is 29.1. The molecule has 6 rings (SSSR count). The number of nitrogens with zero attached hydrogens (tertiary/aromatic N) is 2. The number of allylic oxidation sites excluding steroid dienone is 1. The third kappa shape index (κ3) is 4.59. The van der Waals surface area contributed by atoms with E-state index in [4.69, 9.17) is 5.73 Å². The number of aromatic hydroxyl groups is 1. The van der Waals surface area contributed by atoms with E-state index in [2.05, 4.69) is 43.5 Å². The number of primary amides is 1. The van der Waals surface area contributed by atoms with Crippen LogP contribution in [0.4, 0.5) is 0 Å². The third-order valence-corrected chi connectivity index (χ3v) is 10.4. The van der Waals surface area contributed by atoms with Crippen molar-refractivity contribution in [2.45, 2.75) is 64.2 Å². The lowest BCUT2D eigenvalue weighted by Crippen LogP contribution is -2.52. The van der Waals surface area contributed by atoms with Gasteiger partial charge < -0.3 is 21.1 Å². The topological polar surface area (TPSA) is 127 Å². The Labute approximate surface area is 252 Å². The molecule has 4 aliphatic rings. The highest BCUT2D eigenvalue weighted by atomic mass is 16.3. The van der Waals surface area contributed by atoms with Gasteiger partial charge in [-0.1, -0.05) is 30.8 Å². The van der Waals surface area contributed by atoms with Gasteiger partial charge in [0.2, 0.25) is 0 Å². The number of ketones is 1. The summed E-state index contributed by atoms with van der Waals surface area (Å²) < 4.78 is 0. The van der Waals surface area contributed by atoms with Crippen LogP contribution in [0.1, 0.15) is 49.8 Å². The molecule has 0 radical (unpaired) electrons. The van der Waals surface area contributed by atoms with E-state index in [-0.39, 0.29) is 57.2 Å². The van der Waals surface area contributed by atoms with Gasteiger partial charge >= 0.3 is 0 Å². The van der Waals surface area contributed by atoms with Crippen LogP contribution in [0.3, 0.4) is 0 Å². The molecular formula is C35H41N3O5. The Morgan fingerprint density at radius 2 is 1.79 bits per heavy atom. The van der Waals surface area contributed by atoms with Gasteiger partial charge in [0.05, 0.1) is 23.1 Å². The summed E-state index contributed by atoms with van der Waals surface area (Å²) >= 11 is 0. The van der Waals surface area contributed by atoms with Crippen molar-refractivity contribution in [2.75, 3.05) is 14.1 Å². The average Bonchev–Trinajstić information content (AvgIpc) is 3.24. The molecule has 8 heteroatoms. The molecular weight excluding hydrogens is 542 g/mol. The van der Waals surface area contributed by atoms with E-state index < -0.39 is 17.9 Å². The Kier molecular flexibility index (Phi) is 7.26. The number of aliphatic hydroxyl groups excluding tert-OH is 2. The van der Waals surface area contributed by atoms with Crippen molar-refractivity contribution in [3.63, 3.8) is 0 Å². The molecule has 2 aromatic carbocycles. The van der Waals surface area contributed by atoms with Crippen LogP contribution in [0.25, 0.3) is 16.9 Å². The zero-order valence-corrected chi connectivity index (χ0v) is 25.3. The highest BCUT2D eigenvalue weighted by Gasteiger charge is 2.53. The summed E-state index contributed by atoms with van der Waals surface area (Å²) in [6.07, 6.45) is 3.31. The number of rotatable bonds is 5. The zero-order valence-electron chi connectivity index (χ0n) is 25.3. The minimum Gasteiger partial charge on any atom is -0.510 e. The predicted molar refractivity (Wildman–Crippen MR) is 166 cm³/mol. The fourth-order valence-electron chi connectivity index (χ4n) is 8.32. The van der Waals surface area contributed by atoms with Gasteiger partial charge in [-0.15, -0.1) is 0 Å². The molecule has 226 valence electrons. The lowest BCUT2D eigenvalue weighted by Gasteiger charge is -2.47. The minimum atomic E-state index is -0.840. The van der Waals surface area contributed by atoms with Crippen molar-refractivity contribution < 1.29 is 24.9 Å². The van der Waals surface area contributed by atoms with E-state index in [9.17, 15) is 24.9 Å². The van der Waals surface area contributed by atoms with Crippen molar-refractivity contribution in [3.8, 4) is 16.9 Å². The molecule has 43 heavy (non-hydrogen) atoms. The maximum absolute atomic E-state index is 14.2. The standard InChI is InChI=1S/C35H41N3O5/c1-17-9-10-18(2)38(17)16-20-7-6-8-21(13-20)23-11-12-26(39)30-24(23)14-22-15-25-27(32(40)29(22)33(30)41)19(3)28(35(36)43)34(42)31(25)37(4)5/h6-8,11-13,17-18,22,25,27,31,39,41-42H,3,9-10,14-16H2,1-2,4-5H3,(H2,36,43)/t17-,18-,22?,25?,27?,31+/m1/s1. The fraction of sp³-hybridized carbons (Fsp3) is 0.429. The Morgan fingerprint density at radius 1 is 1.09 bits per heavy atom. The maximum Gasteiger partial charge on any atom is 0.252 e. The molecule has 8 nitrogen and oxygen atoms in total. The number of amides is 1. The number of phenols is 1. The van der Waals surface area contributed by atoms with E-state index >= 15 is 0 Å². The van der Waals surface area contributed by atoms with Crippen LogP contribution < -0.4 is 5.73 Å². The smallest absolute Gasteiger partial charge is 0.252 e. The van der Waals surface area contributed by atoms with E-state index in [1.54, 1.807) is 25.1 Å². The first-order valence-corrected chi connectivity index (χ1v) is 15.2. The van der Waals surface area contributed by atoms with Crippen LogP contribution in [0.5, 0.6) is 5.75 Å². The minimum absolute atomic E-state index is 0.0861. The molecule has 6 atom stereocenters. The number of Topliss-reactive ketones (excluding diaryl/α,β-unsaturated/α-hetero) is 1. The monoisotopic (exact) mass is 583 g/mol. The molecule has 2 aromatic rings. The SMILES string of the molecule is C=C1C(C(N)=O)=C(O)[C@@H](N(C)C)C2CC3Cc4c(-c5cccc(CN6[C@H](C)CC[C@H]6C)c5)ccc(O)c4C(O)=C3C(=O)C12. The Hall–Kier alpha value is -3.88. The van der Waals surface area contributed by atoms with Gasteiger partial charge in [0.25, 0.3) is 5.91 Å². The summed E-state index contributed by atoms with van der Waals surface area (Å²) in [5.41, 5.74) is 10.1. The van der Waals surface area contributed by atoms with Gasteiger partial charge in [-0.3, -0.25) is 19.4 Å². The predicted octanol–water partition coefficient (Wildman–Crippen LogP) is 4.88. The van der Waals surface area contributed by atoms with Crippen LogP contribution in [-0.4, -0.2) is 69.0 Å². The maximum atomic E-state index is 14.2. The number of benzene rings is 2. The van der Waals surface area contributed by atoms with Gasteiger partial charge in [0.1, 0.15) is 17.3 Å². The largest absolute Gasteiger partial charge is 0.510 e. The van der Waals surface area contributed by atoms with Crippen LogP contribution in [0, 0.1) is 17.8 Å². The summed E-state index contributed by atoms with van der Waals surface area (Å²) in [7, 11) is 3.59. The quantitative estimate of drug-likeness (QED) is 0.395. The molecule has 3 unspecified atom stereocenters. The van der Waals surface area contributed by atoms with Gasteiger partial charge in [0, 0.05) is 24.2 Å². The molecule has 1 amide bonds. The number of hydrogen-bond donors (Lipinski definition) is 4. The molecule has 1 heterocycles. The highest BCUT2D eigenvalue weighted by Crippen LogP contribution is 2.53. The zero-order chi connectivity index (χ0) is 30.9. The highest BCUT2D eigenvalue weighted by molar-refractivity contribution is 6.10. The van der Waals surface area contributed by atoms with Gasteiger partial charge in [-0.25, -0.2) is 0 Å². The lowest BCUT2D eigenvalue weighted by atomic mass is 9.58.